The largest absolute Gasteiger partial charge is 0.468 e. The van der Waals surface area contributed by atoms with Crippen molar-refractivity contribution in [3.05, 3.63) is 64.0 Å². The van der Waals surface area contributed by atoms with E-state index < -0.39 is 0 Å². The molecule has 0 bridgehead atoms. The summed E-state index contributed by atoms with van der Waals surface area (Å²) in [5, 5.41) is 16.1. The average Bonchev–Trinajstić information content (AvgIpc) is 2.64. The van der Waals surface area contributed by atoms with E-state index in [0.717, 1.165) is 27.9 Å². The number of aliphatic hydroxyl groups is 1. The van der Waals surface area contributed by atoms with E-state index in [9.17, 15) is 9.90 Å². The highest BCUT2D eigenvalue weighted by Crippen LogP contribution is 2.13. The Hall–Kier alpha value is -2.28. The lowest BCUT2D eigenvalue weighted by molar-refractivity contribution is -0.139. The number of hydrogen-bond donors (Lipinski definition) is 3. The van der Waals surface area contributed by atoms with Crippen LogP contribution < -0.4 is 10.6 Å². The first-order valence-corrected chi connectivity index (χ1v) is 8.65. The van der Waals surface area contributed by atoms with E-state index in [0.29, 0.717) is 19.6 Å². The molecule has 1 aromatic heterocycles. The number of rotatable bonds is 9. The van der Waals surface area contributed by atoms with Gasteiger partial charge in [-0.25, -0.2) is 0 Å². The number of carbonyl (C=O) groups excluding carboxylic acids is 1. The highest BCUT2D eigenvalue weighted by atomic mass is 16.5. The quantitative estimate of drug-likeness (QED) is 0.593. The molecule has 26 heavy (non-hydrogen) atoms. The van der Waals surface area contributed by atoms with Gasteiger partial charge in [0.15, 0.2) is 0 Å². The normalized spacial score (nSPS) is 10.8. The number of esters is 1. The molecule has 0 unspecified atom stereocenters. The molecule has 0 saturated heterocycles. The Bertz CT molecular complexity index is 747. The van der Waals surface area contributed by atoms with Crippen LogP contribution in [0, 0.1) is 13.8 Å². The zero-order valence-corrected chi connectivity index (χ0v) is 15.6. The van der Waals surface area contributed by atoms with Crippen LogP contribution in [0.4, 0.5) is 0 Å². The number of pyridine rings is 1. The fourth-order valence-electron chi connectivity index (χ4n) is 2.73. The standard InChI is InChI=1S/C20H27N3O3/c1-14-6-15(2)19(23-8-14)11-22-10-17-5-4-16(7-18(17)13-24)9-21-12-20(25)26-3/h4-8,21-22,24H,9-13H2,1-3H3. The molecule has 0 aliphatic heterocycles. The summed E-state index contributed by atoms with van der Waals surface area (Å²) in [6.45, 7) is 6.11. The number of carbonyl (C=O) groups is 1. The number of methoxy groups -OCH3 is 1. The van der Waals surface area contributed by atoms with Crippen LogP contribution >= 0.6 is 0 Å². The van der Waals surface area contributed by atoms with Gasteiger partial charge in [0.1, 0.15) is 0 Å². The molecule has 0 radical (unpaired) electrons. The van der Waals surface area contributed by atoms with Crippen molar-refractivity contribution >= 4 is 5.97 Å². The third-order valence-electron chi connectivity index (χ3n) is 4.20. The topological polar surface area (TPSA) is 83.5 Å². The van der Waals surface area contributed by atoms with Gasteiger partial charge < -0.3 is 20.5 Å². The predicted octanol–water partition coefficient (Wildman–Crippen LogP) is 1.74. The lowest BCUT2D eigenvalue weighted by Gasteiger charge is -2.12. The van der Waals surface area contributed by atoms with Crippen molar-refractivity contribution in [2.45, 2.75) is 40.1 Å². The first kappa shape index (κ1) is 20.0. The van der Waals surface area contributed by atoms with E-state index in [1.54, 1.807) is 0 Å². The van der Waals surface area contributed by atoms with E-state index in [1.165, 1.54) is 12.7 Å². The van der Waals surface area contributed by atoms with Crippen molar-refractivity contribution in [1.82, 2.24) is 15.6 Å². The van der Waals surface area contributed by atoms with Crippen molar-refractivity contribution in [3.8, 4) is 0 Å². The highest BCUT2D eigenvalue weighted by molar-refractivity contribution is 5.71. The summed E-state index contributed by atoms with van der Waals surface area (Å²) in [4.78, 5) is 15.6. The Balaban J connectivity index is 1.91. The fraction of sp³-hybridized carbons (Fsp3) is 0.400. The van der Waals surface area contributed by atoms with Crippen molar-refractivity contribution < 1.29 is 14.6 Å². The number of nitrogens with zero attached hydrogens (tertiary/aromatic N) is 1. The zero-order chi connectivity index (χ0) is 18.9. The van der Waals surface area contributed by atoms with Crippen LogP contribution in [0.1, 0.15) is 33.5 Å². The van der Waals surface area contributed by atoms with E-state index in [2.05, 4.69) is 33.3 Å². The van der Waals surface area contributed by atoms with E-state index in [1.807, 2.05) is 31.3 Å². The number of nitrogens with one attached hydrogen (secondary N) is 2. The summed E-state index contributed by atoms with van der Waals surface area (Å²) < 4.78 is 4.59. The monoisotopic (exact) mass is 357 g/mol. The molecule has 6 nitrogen and oxygen atoms in total. The number of ether oxygens (including phenoxy) is 1. The predicted molar refractivity (Wildman–Crippen MR) is 100 cm³/mol. The molecule has 1 heterocycles. The molecule has 2 rings (SSSR count). The second-order valence-electron chi connectivity index (χ2n) is 6.32. The first-order chi connectivity index (χ1) is 12.5. The molecule has 0 fully saturated rings. The Labute approximate surface area is 154 Å². The van der Waals surface area contributed by atoms with Gasteiger partial charge in [-0.1, -0.05) is 24.3 Å². The Morgan fingerprint density at radius 1 is 1.12 bits per heavy atom. The summed E-state index contributed by atoms with van der Waals surface area (Å²) in [5.41, 5.74) is 6.30. The molecular formula is C20H27N3O3. The van der Waals surface area contributed by atoms with Gasteiger partial charge in [-0.15, -0.1) is 0 Å². The molecule has 3 N–H and O–H groups in total. The van der Waals surface area contributed by atoms with Crippen molar-refractivity contribution in [2.75, 3.05) is 13.7 Å². The molecule has 0 atom stereocenters. The van der Waals surface area contributed by atoms with Gasteiger partial charge in [0.05, 0.1) is 26.0 Å². The minimum atomic E-state index is -0.298. The van der Waals surface area contributed by atoms with E-state index in [-0.39, 0.29) is 19.1 Å². The van der Waals surface area contributed by atoms with E-state index >= 15 is 0 Å². The Kier molecular flexibility index (Phi) is 7.72. The summed E-state index contributed by atoms with van der Waals surface area (Å²) >= 11 is 0. The molecule has 140 valence electrons. The molecule has 0 spiro atoms. The van der Waals surface area contributed by atoms with Crippen LogP contribution in [0.15, 0.2) is 30.5 Å². The lowest BCUT2D eigenvalue weighted by Crippen LogP contribution is -2.23. The smallest absolute Gasteiger partial charge is 0.319 e. The number of aryl methyl sites for hydroxylation is 2. The molecule has 0 saturated carbocycles. The Morgan fingerprint density at radius 2 is 1.92 bits per heavy atom. The van der Waals surface area contributed by atoms with Crippen LogP contribution in [0.3, 0.4) is 0 Å². The minimum absolute atomic E-state index is 0.0241. The average molecular weight is 357 g/mol. The van der Waals surface area contributed by atoms with Gasteiger partial charge in [-0.2, -0.15) is 0 Å². The van der Waals surface area contributed by atoms with Gasteiger partial charge in [0.2, 0.25) is 0 Å². The fourth-order valence-corrected chi connectivity index (χ4v) is 2.73. The maximum atomic E-state index is 11.1. The second-order valence-corrected chi connectivity index (χ2v) is 6.32. The number of benzene rings is 1. The number of aliphatic hydroxyl groups excluding tert-OH is 1. The number of hydrogen-bond acceptors (Lipinski definition) is 6. The van der Waals surface area contributed by atoms with Gasteiger partial charge >= 0.3 is 5.97 Å². The van der Waals surface area contributed by atoms with Gasteiger partial charge in [0, 0.05) is 25.8 Å². The van der Waals surface area contributed by atoms with Gasteiger partial charge in [-0.3, -0.25) is 9.78 Å². The van der Waals surface area contributed by atoms with Crippen LogP contribution in [-0.2, 0) is 35.8 Å². The van der Waals surface area contributed by atoms with Crippen LogP contribution in [0.2, 0.25) is 0 Å². The molecule has 2 aromatic rings. The SMILES string of the molecule is COC(=O)CNCc1ccc(CNCc2ncc(C)cc2C)c(CO)c1. The van der Waals surface area contributed by atoms with Crippen LogP contribution in [-0.4, -0.2) is 29.7 Å². The molecule has 0 aliphatic rings. The molecule has 0 aliphatic carbocycles. The molecule has 6 heteroatoms. The van der Waals surface area contributed by atoms with Gasteiger partial charge in [-0.05, 0) is 41.7 Å². The molecule has 1 aromatic carbocycles. The van der Waals surface area contributed by atoms with Crippen molar-refractivity contribution in [3.63, 3.8) is 0 Å². The maximum Gasteiger partial charge on any atom is 0.319 e. The maximum absolute atomic E-state index is 11.1. The third-order valence-corrected chi connectivity index (χ3v) is 4.20. The molecule has 0 amide bonds. The summed E-state index contributed by atoms with van der Waals surface area (Å²) in [5.74, 6) is -0.298. The van der Waals surface area contributed by atoms with Crippen LogP contribution in [0.25, 0.3) is 0 Å². The summed E-state index contributed by atoms with van der Waals surface area (Å²) in [7, 11) is 1.36. The minimum Gasteiger partial charge on any atom is -0.468 e. The lowest BCUT2D eigenvalue weighted by atomic mass is 10.0. The van der Waals surface area contributed by atoms with E-state index in [4.69, 9.17) is 0 Å². The zero-order valence-electron chi connectivity index (χ0n) is 15.6. The number of aromatic nitrogens is 1. The van der Waals surface area contributed by atoms with Crippen molar-refractivity contribution in [1.29, 1.82) is 0 Å². The Morgan fingerprint density at radius 3 is 2.62 bits per heavy atom. The second kappa shape index (κ2) is 10.0. The first-order valence-electron chi connectivity index (χ1n) is 8.65. The summed E-state index contributed by atoms with van der Waals surface area (Å²) in [6.07, 6.45) is 1.87. The van der Waals surface area contributed by atoms with Crippen LogP contribution in [0.5, 0.6) is 0 Å². The summed E-state index contributed by atoms with van der Waals surface area (Å²) in [6, 6.07) is 8.08. The van der Waals surface area contributed by atoms with Gasteiger partial charge in [0.25, 0.3) is 0 Å². The molecular weight excluding hydrogens is 330 g/mol. The third kappa shape index (κ3) is 5.91. The highest BCUT2D eigenvalue weighted by Gasteiger charge is 2.06. The van der Waals surface area contributed by atoms with Crippen molar-refractivity contribution in [2.24, 2.45) is 0 Å².